The molecule has 30 heavy (non-hydrogen) atoms. The molecule has 1 aromatic heterocycles. The molecule has 0 unspecified atom stereocenters. The van der Waals surface area contributed by atoms with E-state index in [-0.39, 0.29) is 10.8 Å². The monoisotopic (exact) mass is 446 g/mol. The van der Waals surface area contributed by atoms with Gasteiger partial charge in [0.25, 0.3) is 0 Å². The second-order valence-corrected chi connectivity index (χ2v) is 9.71. The van der Waals surface area contributed by atoms with Crippen LogP contribution in [0.2, 0.25) is 0 Å². The molecule has 0 fully saturated rings. The van der Waals surface area contributed by atoms with Gasteiger partial charge in [-0.3, -0.25) is 4.79 Å². The molecule has 1 atom stereocenters. The number of nitrogens with zero attached hydrogens (tertiary/aromatic N) is 1. The number of rotatable bonds is 8. The normalized spacial score (nSPS) is 12.7. The lowest BCUT2D eigenvalue weighted by Gasteiger charge is -2.18. The lowest BCUT2D eigenvalue weighted by atomic mass is 10.1. The number of benzene rings is 2. The minimum Gasteiger partial charge on any atom is -0.497 e. The molecule has 0 aliphatic heterocycles. The molecule has 0 spiro atoms. The number of sulfonamides is 1. The molecule has 0 saturated heterocycles. The fourth-order valence-electron chi connectivity index (χ4n) is 2.78. The number of aromatic nitrogens is 1. The van der Waals surface area contributed by atoms with E-state index in [0.717, 1.165) is 26.8 Å². The van der Waals surface area contributed by atoms with Gasteiger partial charge >= 0.3 is 5.97 Å². The van der Waals surface area contributed by atoms with E-state index in [9.17, 15) is 18.3 Å². The fraction of sp³-hybridized carbons (Fsp3) is 0.238. The minimum absolute atomic E-state index is 0.00471. The topological polar surface area (TPSA) is 106 Å². The standard InChI is InChI=1S/C21H22N2O5S2/c1-13(2)19(21(24)25)23-30(26,27)17-10-6-15(7-11-17)20-22-12-18(29-20)14-4-8-16(28-3)9-5-14/h4-13,19,23H,1-3H3,(H,24,25)/t19-/m1/s1. The zero-order chi connectivity index (χ0) is 21.9. The van der Waals surface area contributed by atoms with Gasteiger partial charge in [0.05, 0.1) is 16.9 Å². The Balaban J connectivity index is 1.80. The van der Waals surface area contributed by atoms with Crippen molar-refractivity contribution in [3.63, 3.8) is 0 Å². The van der Waals surface area contributed by atoms with Crippen LogP contribution in [-0.2, 0) is 14.8 Å². The Hall–Kier alpha value is -2.75. The number of hydrogen-bond acceptors (Lipinski definition) is 6. The van der Waals surface area contributed by atoms with Crippen molar-refractivity contribution in [3.8, 4) is 26.8 Å². The summed E-state index contributed by atoms with van der Waals surface area (Å²) in [5.41, 5.74) is 1.79. The molecule has 7 nitrogen and oxygen atoms in total. The molecule has 2 N–H and O–H groups in total. The van der Waals surface area contributed by atoms with Gasteiger partial charge in [0.15, 0.2) is 0 Å². The number of hydrogen-bond donors (Lipinski definition) is 2. The van der Waals surface area contributed by atoms with E-state index in [2.05, 4.69) is 9.71 Å². The Morgan fingerprint density at radius 1 is 1.07 bits per heavy atom. The number of ether oxygens (including phenoxy) is 1. The van der Waals surface area contributed by atoms with Crippen molar-refractivity contribution < 1.29 is 23.1 Å². The maximum absolute atomic E-state index is 12.5. The van der Waals surface area contributed by atoms with Crippen molar-refractivity contribution in [1.29, 1.82) is 0 Å². The van der Waals surface area contributed by atoms with Gasteiger partial charge in [-0.2, -0.15) is 4.72 Å². The molecule has 0 aliphatic rings. The molecule has 0 radical (unpaired) electrons. The molecule has 3 rings (SSSR count). The van der Waals surface area contributed by atoms with Gasteiger partial charge < -0.3 is 9.84 Å². The third-order valence-corrected chi connectivity index (χ3v) is 7.06. The maximum atomic E-state index is 12.5. The van der Waals surface area contributed by atoms with Crippen molar-refractivity contribution in [2.24, 2.45) is 5.92 Å². The molecule has 0 saturated carbocycles. The first kappa shape index (κ1) is 21.9. The number of carboxylic acids is 1. The van der Waals surface area contributed by atoms with Crippen molar-refractivity contribution in [1.82, 2.24) is 9.71 Å². The summed E-state index contributed by atoms with van der Waals surface area (Å²) in [5, 5.41) is 9.98. The molecular formula is C21H22N2O5S2. The highest BCUT2D eigenvalue weighted by atomic mass is 32.2. The Labute approximate surface area is 179 Å². The van der Waals surface area contributed by atoms with Gasteiger partial charge in [-0.05, 0) is 47.9 Å². The molecule has 0 amide bonds. The van der Waals surface area contributed by atoms with Crippen molar-refractivity contribution in [3.05, 3.63) is 54.7 Å². The highest BCUT2D eigenvalue weighted by Gasteiger charge is 2.28. The lowest BCUT2D eigenvalue weighted by molar-refractivity contribution is -0.140. The van der Waals surface area contributed by atoms with Gasteiger partial charge in [-0.25, -0.2) is 13.4 Å². The Bertz CT molecular complexity index is 1120. The summed E-state index contributed by atoms with van der Waals surface area (Å²) < 4.78 is 32.5. The maximum Gasteiger partial charge on any atom is 0.322 e. The molecule has 0 bridgehead atoms. The predicted octanol–water partition coefficient (Wildman–Crippen LogP) is 3.87. The van der Waals surface area contributed by atoms with Crippen molar-refractivity contribution in [2.45, 2.75) is 24.8 Å². The van der Waals surface area contributed by atoms with Crippen LogP contribution in [0.4, 0.5) is 0 Å². The summed E-state index contributed by atoms with van der Waals surface area (Å²) in [7, 11) is -2.34. The Morgan fingerprint density at radius 3 is 2.20 bits per heavy atom. The SMILES string of the molecule is COc1ccc(-c2cnc(-c3ccc(S(=O)(=O)N[C@@H](C(=O)O)C(C)C)cc3)s2)cc1. The third-order valence-electron chi connectivity index (χ3n) is 4.51. The smallest absolute Gasteiger partial charge is 0.322 e. The molecule has 158 valence electrons. The van der Waals surface area contributed by atoms with E-state index < -0.39 is 22.0 Å². The average Bonchev–Trinajstić information content (AvgIpc) is 3.22. The molecule has 1 heterocycles. The number of thiazole rings is 1. The molecule has 0 aliphatic carbocycles. The number of carboxylic acid groups (broad SMARTS) is 1. The van der Waals surface area contributed by atoms with Crippen LogP contribution in [0.15, 0.2) is 59.6 Å². The summed E-state index contributed by atoms with van der Waals surface area (Å²) in [4.78, 5) is 16.7. The van der Waals surface area contributed by atoms with Crippen LogP contribution in [0.25, 0.3) is 21.0 Å². The second-order valence-electron chi connectivity index (χ2n) is 6.96. The van der Waals surface area contributed by atoms with Crippen LogP contribution in [0.5, 0.6) is 5.75 Å². The van der Waals surface area contributed by atoms with Gasteiger partial charge in [0, 0.05) is 11.8 Å². The largest absolute Gasteiger partial charge is 0.497 e. The minimum atomic E-state index is -3.95. The summed E-state index contributed by atoms with van der Waals surface area (Å²) in [5.74, 6) is -0.821. The number of carbonyl (C=O) groups is 1. The Morgan fingerprint density at radius 2 is 1.67 bits per heavy atom. The second kappa shape index (κ2) is 8.95. The fourth-order valence-corrected chi connectivity index (χ4v) is 5.04. The van der Waals surface area contributed by atoms with E-state index in [4.69, 9.17) is 4.74 Å². The zero-order valence-electron chi connectivity index (χ0n) is 16.7. The molecule has 3 aromatic rings. The van der Waals surface area contributed by atoms with Crippen molar-refractivity contribution >= 4 is 27.3 Å². The van der Waals surface area contributed by atoms with Gasteiger partial charge in [0.1, 0.15) is 16.8 Å². The van der Waals surface area contributed by atoms with E-state index in [1.165, 1.54) is 23.5 Å². The molecule has 2 aromatic carbocycles. The highest BCUT2D eigenvalue weighted by molar-refractivity contribution is 7.89. The first-order valence-electron chi connectivity index (χ1n) is 9.17. The molecular weight excluding hydrogens is 424 g/mol. The summed E-state index contributed by atoms with van der Waals surface area (Å²) >= 11 is 1.49. The van der Waals surface area contributed by atoms with Crippen LogP contribution >= 0.6 is 11.3 Å². The third kappa shape index (κ3) is 4.86. The average molecular weight is 447 g/mol. The molecule has 9 heteroatoms. The number of methoxy groups -OCH3 is 1. The highest BCUT2D eigenvalue weighted by Crippen LogP contribution is 2.33. The Kier molecular flexibility index (Phi) is 6.55. The number of aliphatic carboxylic acids is 1. The van der Waals surface area contributed by atoms with Gasteiger partial charge in [-0.1, -0.05) is 26.0 Å². The predicted molar refractivity (Wildman–Crippen MR) is 116 cm³/mol. The first-order valence-corrected chi connectivity index (χ1v) is 11.5. The summed E-state index contributed by atoms with van der Waals surface area (Å²) in [6, 6.07) is 12.7. The van der Waals surface area contributed by atoms with E-state index in [0.29, 0.717) is 0 Å². The van der Waals surface area contributed by atoms with E-state index >= 15 is 0 Å². The zero-order valence-corrected chi connectivity index (χ0v) is 18.3. The van der Waals surface area contributed by atoms with Gasteiger partial charge in [0.2, 0.25) is 10.0 Å². The van der Waals surface area contributed by atoms with Crippen molar-refractivity contribution in [2.75, 3.05) is 7.11 Å². The number of nitrogens with one attached hydrogen (secondary N) is 1. The van der Waals surface area contributed by atoms with Crippen LogP contribution in [0.1, 0.15) is 13.8 Å². The van der Waals surface area contributed by atoms with Crippen LogP contribution in [0.3, 0.4) is 0 Å². The van der Waals surface area contributed by atoms with E-state index in [1.807, 2.05) is 24.3 Å². The lowest BCUT2D eigenvalue weighted by Crippen LogP contribution is -2.44. The van der Waals surface area contributed by atoms with Gasteiger partial charge in [-0.15, -0.1) is 11.3 Å². The quantitative estimate of drug-likeness (QED) is 0.544. The summed E-state index contributed by atoms with van der Waals surface area (Å²) in [6.45, 7) is 3.29. The van der Waals surface area contributed by atoms with E-state index in [1.54, 1.807) is 39.3 Å². The van der Waals surface area contributed by atoms with Crippen LogP contribution in [-0.4, -0.2) is 37.6 Å². The first-order chi connectivity index (χ1) is 14.2. The van der Waals surface area contributed by atoms with Crippen LogP contribution < -0.4 is 9.46 Å². The van der Waals surface area contributed by atoms with Crippen LogP contribution in [0, 0.1) is 5.92 Å². The summed E-state index contributed by atoms with van der Waals surface area (Å²) in [6.07, 6.45) is 1.77.